The van der Waals surface area contributed by atoms with Crippen LogP contribution in [0.1, 0.15) is 31.7 Å². The first-order valence-electron chi connectivity index (χ1n) is 7.18. The van der Waals surface area contributed by atoms with Crippen molar-refractivity contribution in [1.82, 2.24) is 9.97 Å². The summed E-state index contributed by atoms with van der Waals surface area (Å²) < 4.78 is 5.38. The summed E-state index contributed by atoms with van der Waals surface area (Å²) in [6.45, 7) is 7.89. The Bertz CT molecular complexity index is 391. The van der Waals surface area contributed by atoms with Gasteiger partial charge in [0.2, 0.25) is 0 Å². The fourth-order valence-electron chi connectivity index (χ4n) is 2.24. The molecule has 1 aromatic heterocycles. The molecule has 0 spiro atoms. The first-order valence-corrected chi connectivity index (χ1v) is 7.18. The van der Waals surface area contributed by atoms with Crippen molar-refractivity contribution in [2.75, 3.05) is 36.9 Å². The lowest BCUT2D eigenvalue weighted by Crippen LogP contribution is -2.23. The molecule has 0 aromatic carbocycles. The van der Waals surface area contributed by atoms with Crippen LogP contribution in [-0.4, -0.2) is 36.3 Å². The van der Waals surface area contributed by atoms with Gasteiger partial charge in [0.05, 0.1) is 0 Å². The van der Waals surface area contributed by atoms with E-state index in [-0.39, 0.29) is 0 Å². The molecule has 2 rings (SSSR count). The lowest BCUT2D eigenvalue weighted by molar-refractivity contribution is 0.0699. The molecule has 1 aliphatic rings. The van der Waals surface area contributed by atoms with Gasteiger partial charge in [0.1, 0.15) is 18.0 Å². The minimum atomic E-state index is 0.690. The second-order valence-corrected chi connectivity index (χ2v) is 5.06. The molecule has 2 heterocycles. The highest BCUT2D eigenvalue weighted by molar-refractivity contribution is 5.56. The molecule has 0 aliphatic carbocycles. The van der Waals surface area contributed by atoms with E-state index in [1.165, 1.54) is 0 Å². The maximum atomic E-state index is 5.38. The van der Waals surface area contributed by atoms with E-state index in [2.05, 4.69) is 34.4 Å². The molecule has 5 nitrogen and oxygen atoms in total. The van der Waals surface area contributed by atoms with Crippen molar-refractivity contribution < 1.29 is 4.74 Å². The molecule has 2 N–H and O–H groups in total. The second kappa shape index (κ2) is 7.28. The minimum absolute atomic E-state index is 0.690. The quantitative estimate of drug-likeness (QED) is 0.826. The standard InChI is InChI=1S/C14H24N4O/c1-3-6-15-13-11(2)14(18-10-17-13)16-9-12-4-7-19-8-5-12/h10,12H,3-9H2,1-2H3,(H2,15,16,17,18). The van der Waals surface area contributed by atoms with Gasteiger partial charge in [-0.05, 0) is 32.1 Å². The first-order chi connectivity index (χ1) is 9.31. The van der Waals surface area contributed by atoms with E-state index in [1.807, 2.05) is 0 Å². The van der Waals surface area contributed by atoms with Crippen LogP contribution in [0.4, 0.5) is 11.6 Å². The zero-order valence-corrected chi connectivity index (χ0v) is 11.9. The van der Waals surface area contributed by atoms with Gasteiger partial charge in [-0.1, -0.05) is 6.92 Å². The van der Waals surface area contributed by atoms with Gasteiger partial charge in [-0.3, -0.25) is 0 Å². The van der Waals surface area contributed by atoms with Crippen molar-refractivity contribution in [2.24, 2.45) is 5.92 Å². The fraction of sp³-hybridized carbons (Fsp3) is 0.714. The van der Waals surface area contributed by atoms with Crippen molar-refractivity contribution in [3.05, 3.63) is 11.9 Å². The van der Waals surface area contributed by atoms with E-state index >= 15 is 0 Å². The number of aromatic nitrogens is 2. The van der Waals surface area contributed by atoms with Crippen molar-refractivity contribution in [2.45, 2.75) is 33.1 Å². The molecule has 1 aliphatic heterocycles. The molecule has 0 bridgehead atoms. The van der Waals surface area contributed by atoms with E-state index in [0.29, 0.717) is 5.92 Å². The fourth-order valence-corrected chi connectivity index (χ4v) is 2.24. The van der Waals surface area contributed by atoms with E-state index in [0.717, 1.165) is 62.8 Å². The predicted molar refractivity (Wildman–Crippen MR) is 77.6 cm³/mol. The summed E-state index contributed by atoms with van der Waals surface area (Å²) in [4.78, 5) is 8.63. The first kappa shape index (κ1) is 14.1. The number of rotatable bonds is 6. The zero-order chi connectivity index (χ0) is 13.5. The van der Waals surface area contributed by atoms with Crippen LogP contribution in [0.25, 0.3) is 0 Å². The molecule has 0 amide bonds. The summed E-state index contributed by atoms with van der Waals surface area (Å²) >= 11 is 0. The van der Waals surface area contributed by atoms with E-state index in [4.69, 9.17) is 4.74 Å². The summed E-state index contributed by atoms with van der Waals surface area (Å²) in [5.74, 6) is 2.57. The SMILES string of the molecule is CCCNc1ncnc(NCC2CCOCC2)c1C. The maximum Gasteiger partial charge on any atom is 0.134 e. The van der Waals surface area contributed by atoms with Gasteiger partial charge in [0.25, 0.3) is 0 Å². The summed E-state index contributed by atoms with van der Waals surface area (Å²) in [6.07, 6.45) is 4.99. The van der Waals surface area contributed by atoms with E-state index in [1.54, 1.807) is 6.33 Å². The maximum absolute atomic E-state index is 5.38. The van der Waals surface area contributed by atoms with Crippen molar-refractivity contribution in [3.63, 3.8) is 0 Å². The largest absolute Gasteiger partial charge is 0.381 e. The zero-order valence-electron chi connectivity index (χ0n) is 11.9. The number of anilines is 2. The van der Waals surface area contributed by atoms with Crippen LogP contribution < -0.4 is 10.6 Å². The van der Waals surface area contributed by atoms with Gasteiger partial charge in [0, 0.05) is 31.9 Å². The molecule has 1 fully saturated rings. The highest BCUT2D eigenvalue weighted by Gasteiger charge is 2.14. The van der Waals surface area contributed by atoms with Gasteiger partial charge in [-0.25, -0.2) is 9.97 Å². The van der Waals surface area contributed by atoms with Crippen LogP contribution in [0.3, 0.4) is 0 Å². The monoisotopic (exact) mass is 264 g/mol. The van der Waals surface area contributed by atoms with Gasteiger partial charge in [-0.2, -0.15) is 0 Å². The highest BCUT2D eigenvalue weighted by Crippen LogP contribution is 2.20. The molecule has 0 saturated carbocycles. The summed E-state index contributed by atoms with van der Waals surface area (Å²) in [5, 5.41) is 6.78. The van der Waals surface area contributed by atoms with E-state index in [9.17, 15) is 0 Å². The Morgan fingerprint density at radius 3 is 2.58 bits per heavy atom. The lowest BCUT2D eigenvalue weighted by Gasteiger charge is -2.23. The average molecular weight is 264 g/mol. The van der Waals surface area contributed by atoms with Crippen LogP contribution in [0.15, 0.2) is 6.33 Å². The van der Waals surface area contributed by atoms with Crippen molar-refractivity contribution in [1.29, 1.82) is 0 Å². The Balaban J connectivity index is 1.91. The Hall–Kier alpha value is -1.36. The summed E-state index contributed by atoms with van der Waals surface area (Å²) in [6, 6.07) is 0. The summed E-state index contributed by atoms with van der Waals surface area (Å²) in [7, 11) is 0. The number of ether oxygens (including phenoxy) is 1. The van der Waals surface area contributed by atoms with E-state index < -0.39 is 0 Å². The van der Waals surface area contributed by atoms with Crippen LogP contribution in [0, 0.1) is 12.8 Å². The van der Waals surface area contributed by atoms with Crippen LogP contribution >= 0.6 is 0 Å². The van der Waals surface area contributed by atoms with Crippen molar-refractivity contribution >= 4 is 11.6 Å². The third-order valence-corrected chi connectivity index (χ3v) is 3.53. The Morgan fingerprint density at radius 2 is 1.89 bits per heavy atom. The second-order valence-electron chi connectivity index (χ2n) is 5.06. The molecule has 5 heteroatoms. The van der Waals surface area contributed by atoms with Crippen LogP contribution in [-0.2, 0) is 4.74 Å². The third-order valence-electron chi connectivity index (χ3n) is 3.53. The van der Waals surface area contributed by atoms with Gasteiger partial charge in [-0.15, -0.1) is 0 Å². The Labute approximate surface area is 115 Å². The molecule has 106 valence electrons. The average Bonchev–Trinajstić information content (AvgIpc) is 2.46. The Kier molecular flexibility index (Phi) is 5.39. The molecule has 0 atom stereocenters. The van der Waals surface area contributed by atoms with Gasteiger partial charge in [0.15, 0.2) is 0 Å². The predicted octanol–water partition coefficient (Wildman–Crippen LogP) is 2.45. The van der Waals surface area contributed by atoms with Crippen molar-refractivity contribution in [3.8, 4) is 0 Å². The number of hydrogen-bond acceptors (Lipinski definition) is 5. The van der Waals surface area contributed by atoms with Gasteiger partial charge >= 0.3 is 0 Å². The van der Waals surface area contributed by atoms with Crippen LogP contribution in [0.5, 0.6) is 0 Å². The van der Waals surface area contributed by atoms with Gasteiger partial charge < -0.3 is 15.4 Å². The van der Waals surface area contributed by atoms with Crippen LogP contribution in [0.2, 0.25) is 0 Å². The lowest BCUT2D eigenvalue weighted by atomic mass is 10.0. The normalized spacial score (nSPS) is 16.3. The Morgan fingerprint density at radius 1 is 1.21 bits per heavy atom. The molecule has 0 radical (unpaired) electrons. The number of nitrogens with one attached hydrogen (secondary N) is 2. The molecule has 19 heavy (non-hydrogen) atoms. The highest BCUT2D eigenvalue weighted by atomic mass is 16.5. The number of nitrogens with zero attached hydrogens (tertiary/aromatic N) is 2. The minimum Gasteiger partial charge on any atom is -0.381 e. The molecular weight excluding hydrogens is 240 g/mol. The molecular formula is C14H24N4O. The molecule has 1 saturated heterocycles. The smallest absolute Gasteiger partial charge is 0.134 e. The molecule has 0 unspecified atom stereocenters. The topological polar surface area (TPSA) is 59.1 Å². The summed E-state index contributed by atoms with van der Waals surface area (Å²) in [5.41, 5.74) is 1.10. The third kappa shape index (κ3) is 4.06. The number of hydrogen-bond donors (Lipinski definition) is 2. The molecule has 1 aromatic rings.